The molecule has 0 saturated carbocycles. The Labute approximate surface area is 292 Å². The second-order valence-corrected chi connectivity index (χ2v) is 14.7. The van der Waals surface area contributed by atoms with Crippen LogP contribution >= 0.6 is 22.7 Å². The summed E-state index contributed by atoms with van der Waals surface area (Å²) in [6.45, 7) is 0. The minimum Gasteiger partial charge on any atom is -0.310 e. The van der Waals surface area contributed by atoms with Crippen LogP contribution in [0.15, 0.2) is 176 Å². The molecular formula is C46H29NS2. The summed E-state index contributed by atoms with van der Waals surface area (Å²) in [4.78, 5) is 2.44. The van der Waals surface area contributed by atoms with Crippen molar-refractivity contribution in [1.29, 1.82) is 0 Å². The second kappa shape index (κ2) is 11.5. The number of hydrogen-bond donors (Lipinski definition) is 0. The molecule has 0 aliphatic rings. The van der Waals surface area contributed by atoms with Gasteiger partial charge in [0.15, 0.2) is 0 Å². The highest BCUT2D eigenvalue weighted by atomic mass is 32.1. The highest BCUT2D eigenvalue weighted by molar-refractivity contribution is 7.26. The molecule has 0 N–H and O–H groups in total. The van der Waals surface area contributed by atoms with Gasteiger partial charge in [0.05, 0.1) is 5.69 Å². The topological polar surface area (TPSA) is 3.24 Å². The Bertz CT molecular complexity index is 2860. The molecule has 10 rings (SSSR count). The molecule has 0 unspecified atom stereocenters. The van der Waals surface area contributed by atoms with E-state index in [-0.39, 0.29) is 0 Å². The lowest BCUT2D eigenvalue weighted by molar-refractivity contribution is 1.29. The Morgan fingerprint density at radius 2 is 0.918 bits per heavy atom. The van der Waals surface area contributed by atoms with Gasteiger partial charge in [-0.2, -0.15) is 0 Å². The summed E-state index contributed by atoms with van der Waals surface area (Å²) in [6.07, 6.45) is 0. The summed E-state index contributed by atoms with van der Waals surface area (Å²) in [5.74, 6) is 0. The molecule has 2 heterocycles. The SMILES string of the molecule is c1cc(-c2ccc3sc4ccccc4c3c2)cc(N(c2ccc3sc4ccccc4c3c2)c2ccccc2-c2ccc3ccccc3c2)c1. The Balaban J connectivity index is 1.18. The highest BCUT2D eigenvalue weighted by Crippen LogP contribution is 2.45. The molecule has 0 radical (unpaired) electrons. The van der Waals surface area contributed by atoms with Gasteiger partial charge in [-0.3, -0.25) is 0 Å². The number of anilines is 3. The van der Waals surface area contributed by atoms with Gasteiger partial charge in [0.25, 0.3) is 0 Å². The molecule has 0 fully saturated rings. The average Bonchev–Trinajstić information content (AvgIpc) is 3.73. The molecule has 8 aromatic carbocycles. The Morgan fingerprint density at radius 1 is 0.327 bits per heavy atom. The van der Waals surface area contributed by atoms with Gasteiger partial charge in [0, 0.05) is 57.3 Å². The third-order valence-electron chi connectivity index (χ3n) is 9.64. The van der Waals surface area contributed by atoms with E-state index in [0.717, 1.165) is 17.1 Å². The van der Waals surface area contributed by atoms with Crippen molar-refractivity contribution in [1.82, 2.24) is 0 Å². The van der Waals surface area contributed by atoms with Crippen molar-refractivity contribution >= 4 is 90.9 Å². The van der Waals surface area contributed by atoms with Gasteiger partial charge < -0.3 is 4.90 Å². The molecule has 2 aromatic heterocycles. The molecule has 0 atom stereocenters. The smallest absolute Gasteiger partial charge is 0.0540 e. The predicted octanol–water partition coefficient (Wildman–Crippen LogP) is 14.4. The lowest BCUT2D eigenvalue weighted by Crippen LogP contribution is -2.11. The minimum atomic E-state index is 1.12. The van der Waals surface area contributed by atoms with Gasteiger partial charge in [0.1, 0.15) is 0 Å². The third-order valence-corrected chi connectivity index (χ3v) is 11.9. The normalized spacial score (nSPS) is 11.7. The van der Waals surface area contributed by atoms with E-state index in [0.29, 0.717) is 0 Å². The molecule has 3 heteroatoms. The van der Waals surface area contributed by atoms with Crippen molar-refractivity contribution < 1.29 is 0 Å². The fourth-order valence-electron chi connectivity index (χ4n) is 7.28. The number of thiophene rings is 2. The number of benzene rings is 8. The first-order valence-corrected chi connectivity index (χ1v) is 18.2. The molecule has 49 heavy (non-hydrogen) atoms. The predicted molar refractivity (Wildman–Crippen MR) is 215 cm³/mol. The van der Waals surface area contributed by atoms with Crippen LogP contribution in [-0.2, 0) is 0 Å². The van der Waals surface area contributed by atoms with E-state index in [2.05, 4.69) is 181 Å². The lowest BCUT2D eigenvalue weighted by atomic mass is 9.98. The largest absolute Gasteiger partial charge is 0.310 e. The molecule has 0 saturated heterocycles. The first kappa shape index (κ1) is 28.3. The van der Waals surface area contributed by atoms with Crippen LogP contribution in [0.5, 0.6) is 0 Å². The van der Waals surface area contributed by atoms with Crippen molar-refractivity contribution in [2.24, 2.45) is 0 Å². The maximum Gasteiger partial charge on any atom is 0.0540 e. The molecule has 0 amide bonds. The quantitative estimate of drug-likeness (QED) is 0.178. The summed E-state index contributed by atoms with van der Waals surface area (Å²) in [6, 6.07) is 64.6. The van der Waals surface area contributed by atoms with Gasteiger partial charge in [-0.05, 0) is 94.2 Å². The molecule has 1 nitrogen and oxygen atoms in total. The van der Waals surface area contributed by atoms with Crippen molar-refractivity contribution in [2.45, 2.75) is 0 Å². The monoisotopic (exact) mass is 659 g/mol. The summed E-state index contributed by atoms with van der Waals surface area (Å²) < 4.78 is 5.27. The van der Waals surface area contributed by atoms with E-state index in [1.165, 1.54) is 73.4 Å². The van der Waals surface area contributed by atoms with Crippen LogP contribution in [0.3, 0.4) is 0 Å². The number of rotatable bonds is 5. The zero-order valence-corrected chi connectivity index (χ0v) is 28.1. The van der Waals surface area contributed by atoms with Crippen molar-refractivity contribution in [2.75, 3.05) is 4.90 Å². The minimum absolute atomic E-state index is 1.12. The number of hydrogen-bond acceptors (Lipinski definition) is 3. The summed E-state index contributed by atoms with van der Waals surface area (Å²) in [5, 5.41) is 7.72. The Hall–Kier alpha value is -5.74. The Kier molecular flexibility index (Phi) is 6.61. The van der Waals surface area contributed by atoms with Gasteiger partial charge in [-0.15, -0.1) is 22.7 Å². The standard InChI is InChI=1S/C46H29NS2/c1-2-11-31-26-34(21-20-30(31)10-1)37-14-3-6-17-42(37)47(36-23-25-46-41(29-36)39-16-5-8-19-44(39)49-46)35-13-9-12-32(27-35)33-22-24-45-40(28-33)38-15-4-7-18-43(38)48-45/h1-29H. The molecule has 0 aliphatic heterocycles. The number of fused-ring (bicyclic) bond motifs is 7. The first-order valence-electron chi connectivity index (χ1n) is 16.6. The van der Waals surface area contributed by atoms with Crippen molar-refractivity contribution in [3.63, 3.8) is 0 Å². The van der Waals surface area contributed by atoms with E-state index in [1.54, 1.807) is 0 Å². The fraction of sp³-hybridized carbons (Fsp3) is 0. The van der Waals surface area contributed by atoms with Crippen LogP contribution in [0.4, 0.5) is 17.1 Å². The zero-order chi connectivity index (χ0) is 32.3. The van der Waals surface area contributed by atoms with Gasteiger partial charge in [-0.1, -0.05) is 109 Å². The molecule has 0 spiro atoms. The first-order chi connectivity index (χ1) is 24.3. The highest BCUT2D eigenvalue weighted by Gasteiger charge is 2.19. The van der Waals surface area contributed by atoms with Gasteiger partial charge in [0.2, 0.25) is 0 Å². The molecular weight excluding hydrogens is 631 g/mol. The Morgan fingerprint density at radius 3 is 1.73 bits per heavy atom. The van der Waals surface area contributed by atoms with Crippen LogP contribution in [-0.4, -0.2) is 0 Å². The second-order valence-electron chi connectivity index (χ2n) is 12.6. The van der Waals surface area contributed by atoms with Gasteiger partial charge in [-0.25, -0.2) is 0 Å². The molecule has 0 bridgehead atoms. The van der Waals surface area contributed by atoms with E-state index < -0.39 is 0 Å². The van der Waals surface area contributed by atoms with Crippen LogP contribution in [0.25, 0.3) is 73.4 Å². The number of nitrogens with zero attached hydrogens (tertiary/aromatic N) is 1. The summed E-state index contributed by atoms with van der Waals surface area (Å²) in [7, 11) is 0. The van der Waals surface area contributed by atoms with Crippen LogP contribution in [0.1, 0.15) is 0 Å². The van der Waals surface area contributed by atoms with E-state index >= 15 is 0 Å². The van der Waals surface area contributed by atoms with Crippen molar-refractivity contribution in [3.05, 3.63) is 176 Å². The van der Waals surface area contributed by atoms with E-state index in [4.69, 9.17) is 0 Å². The lowest BCUT2D eigenvalue weighted by Gasteiger charge is -2.28. The zero-order valence-electron chi connectivity index (χ0n) is 26.5. The van der Waals surface area contributed by atoms with E-state index in [9.17, 15) is 0 Å². The number of para-hydroxylation sites is 1. The fourth-order valence-corrected chi connectivity index (χ4v) is 9.45. The van der Waals surface area contributed by atoms with E-state index in [1.807, 2.05) is 22.7 Å². The van der Waals surface area contributed by atoms with Crippen molar-refractivity contribution in [3.8, 4) is 22.3 Å². The molecule has 10 aromatic rings. The van der Waals surface area contributed by atoms with Gasteiger partial charge >= 0.3 is 0 Å². The van der Waals surface area contributed by atoms with Crippen LogP contribution < -0.4 is 4.90 Å². The summed E-state index contributed by atoms with van der Waals surface area (Å²) in [5.41, 5.74) is 8.23. The average molecular weight is 660 g/mol. The maximum atomic E-state index is 2.44. The third kappa shape index (κ3) is 4.82. The van der Waals surface area contributed by atoms with Crippen LogP contribution in [0.2, 0.25) is 0 Å². The van der Waals surface area contributed by atoms with Crippen LogP contribution in [0, 0.1) is 0 Å². The molecule has 230 valence electrons. The summed E-state index contributed by atoms with van der Waals surface area (Å²) >= 11 is 3.72. The maximum absolute atomic E-state index is 2.44. The molecule has 0 aliphatic carbocycles.